The zero-order chi connectivity index (χ0) is 4.99. The van der Waals surface area contributed by atoms with Gasteiger partial charge in [0.1, 0.15) is 0 Å². The van der Waals surface area contributed by atoms with Crippen LogP contribution in [0.4, 0.5) is 0 Å². The van der Waals surface area contributed by atoms with Crippen molar-refractivity contribution in [1.82, 2.24) is 0 Å². The molecule has 0 aromatic carbocycles. The molecule has 6 heteroatoms. The Labute approximate surface area is 57.3 Å². The number of halogens is 1. The summed E-state index contributed by atoms with van der Waals surface area (Å²) < 4.78 is 3.98. The van der Waals surface area contributed by atoms with Crippen LogP contribution in [0.15, 0.2) is 4.67 Å². The Balaban J connectivity index is 3.03. The Bertz CT molecular complexity index is 52.8. The molecule has 0 aromatic heterocycles. The number of hydrogen-bond donors (Lipinski definition) is 0. The monoisotopic (exact) mass is 249 g/mol. The van der Waals surface area contributed by atoms with E-state index in [9.17, 15) is 0 Å². The van der Waals surface area contributed by atoms with Gasteiger partial charge in [-0.2, -0.15) is 0 Å². The van der Waals surface area contributed by atoms with E-state index in [-0.39, 0.29) is 7.45 Å². The van der Waals surface area contributed by atoms with E-state index in [0.29, 0.717) is 0 Å². The third kappa shape index (κ3) is 5.88. The molecule has 0 aliphatic rings. The summed E-state index contributed by atoms with van der Waals surface area (Å²) in [6, 6.07) is 0. The Kier molecular flexibility index (Phi) is 6.61. The fourth-order valence-electron chi connectivity index (χ4n) is 0.0504. The van der Waals surface area contributed by atoms with E-state index < -0.39 is 0 Å². The van der Waals surface area contributed by atoms with E-state index in [4.69, 9.17) is 0 Å². The van der Waals surface area contributed by atoms with Gasteiger partial charge in [-0.25, -0.2) is 0 Å². The van der Waals surface area contributed by atoms with Crippen LogP contribution in [0.5, 0.6) is 0 Å². The van der Waals surface area contributed by atoms with Crippen molar-refractivity contribution in [3.63, 3.8) is 0 Å². The molecular weight excluding hydrogens is 245 g/mol. The van der Waals surface area contributed by atoms with Crippen molar-refractivity contribution in [1.29, 1.82) is 0 Å². The van der Waals surface area contributed by atoms with Crippen molar-refractivity contribution in [2.75, 3.05) is 0 Å². The van der Waals surface area contributed by atoms with Crippen molar-refractivity contribution in [3.8, 4) is 0 Å². The van der Waals surface area contributed by atoms with Gasteiger partial charge >= 0.3 is 57.3 Å². The average Bonchev–Trinajstić information content (AvgIpc) is 1.35. The average molecular weight is 249 g/mol. The summed E-state index contributed by atoms with van der Waals surface area (Å²) in [6.45, 7) is 0. The molecule has 0 radical (unpaired) electrons. The zero-order valence-corrected chi connectivity index (χ0v) is 8.37. The number of hydrogen-bond acceptors (Lipinski definition) is 1. The Morgan fingerprint density at radius 2 is 2.17 bits per heavy atom. The molecule has 0 aliphatic heterocycles. The molecule has 6 heavy (non-hydrogen) atoms. The molecule has 34 valence electrons. The van der Waals surface area contributed by atoms with E-state index in [1.807, 2.05) is 0 Å². The van der Waals surface area contributed by atoms with Crippen molar-refractivity contribution in [2.45, 2.75) is 0 Å². The van der Waals surface area contributed by atoms with Crippen molar-refractivity contribution in [3.05, 3.63) is 0 Å². The predicted octanol–water partition coefficient (Wildman–Crippen LogP) is 2.20. The van der Waals surface area contributed by atoms with Crippen LogP contribution in [0.1, 0.15) is 0 Å². The summed E-state index contributed by atoms with van der Waals surface area (Å²) in [5.74, 6) is 0. The molecular formula is H4BINP3. The maximum absolute atomic E-state index is 3.98. The molecule has 0 aliphatic carbocycles. The number of rotatable bonds is 1. The van der Waals surface area contributed by atoms with Gasteiger partial charge in [-0.3, -0.25) is 0 Å². The molecule has 0 bridgehead atoms. The fraction of sp³-hybridized carbons (Fsp3) is 0. The SMILES string of the molecule is PP(P)N=BI. The van der Waals surface area contributed by atoms with Crippen LogP contribution < -0.4 is 0 Å². The minimum absolute atomic E-state index is 0.205. The first-order valence-corrected chi connectivity index (χ1v) is 6.97. The molecule has 0 saturated heterocycles. The Hall–Kier alpha value is 1.88. The molecule has 0 N–H and O–H groups in total. The first-order valence-electron chi connectivity index (χ1n) is 1.19. The van der Waals surface area contributed by atoms with E-state index in [1.165, 1.54) is 0 Å². The van der Waals surface area contributed by atoms with E-state index in [1.54, 1.807) is 4.93 Å². The van der Waals surface area contributed by atoms with E-state index in [2.05, 4.69) is 44.9 Å². The molecule has 0 aromatic rings. The summed E-state index contributed by atoms with van der Waals surface area (Å²) >= 11 is 2.10. The molecule has 1 nitrogen and oxygen atoms in total. The first kappa shape index (κ1) is 7.88. The maximum atomic E-state index is 3.98. The van der Waals surface area contributed by atoms with Crippen LogP contribution in [0.25, 0.3) is 0 Å². The second kappa shape index (κ2) is 5.03. The van der Waals surface area contributed by atoms with Crippen LogP contribution in [-0.2, 0) is 0 Å². The normalized spacial score (nSPS) is 10.0. The summed E-state index contributed by atoms with van der Waals surface area (Å²) in [6.07, 6.45) is 0. The summed E-state index contributed by atoms with van der Waals surface area (Å²) in [5, 5.41) is 0. The predicted molar refractivity (Wildman–Crippen MR) is 48.5 cm³/mol. The van der Waals surface area contributed by atoms with Gasteiger partial charge < -0.3 is 0 Å². The molecule has 0 saturated carbocycles. The molecule has 2 atom stereocenters. The van der Waals surface area contributed by atoms with Crippen molar-refractivity contribution in [2.24, 2.45) is 4.67 Å². The second-order valence-corrected chi connectivity index (χ2v) is 7.10. The van der Waals surface area contributed by atoms with Crippen molar-refractivity contribution < 1.29 is 0 Å². The molecule has 0 rings (SSSR count). The number of nitrogens with zero attached hydrogens (tertiary/aromatic N) is 1. The topological polar surface area (TPSA) is 12.4 Å². The zero-order valence-electron chi connectivity index (χ0n) is 3.00. The van der Waals surface area contributed by atoms with Gasteiger partial charge in [-0.05, 0) is 0 Å². The molecule has 0 spiro atoms. The third-order valence-electron chi connectivity index (χ3n) is 0.177. The summed E-state index contributed by atoms with van der Waals surface area (Å²) in [4.78, 5) is 1.78. The molecule has 0 amide bonds. The van der Waals surface area contributed by atoms with Crippen LogP contribution in [0, 0.1) is 0 Å². The second-order valence-electron chi connectivity index (χ2n) is 0.593. The van der Waals surface area contributed by atoms with Gasteiger partial charge in [0.15, 0.2) is 0 Å². The first-order chi connectivity index (χ1) is 2.77. The van der Waals surface area contributed by atoms with Crippen LogP contribution in [0.3, 0.4) is 0 Å². The van der Waals surface area contributed by atoms with Gasteiger partial charge in [-0.15, -0.1) is 0 Å². The molecule has 2 unspecified atom stereocenters. The van der Waals surface area contributed by atoms with E-state index >= 15 is 0 Å². The quantitative estimate of drug-likeness (QED) is 0.383. The van der Waals surface area contributed by atoms with Crippen LogP contribution in [-0.4, -0.2) is 4.93 Å². The van der Waals surface area contributed by atoms with Gasteiger partial charge in [0.05, 0.1) is 0 Å². The van der Waals surface area contributed by atoms with Crippen LogP contribution >= 0.6 is 47.7 Å². The Morgan fingerprint density at radius 3 is 2.17 bits per heavy atom. The Morgan fingerprint density at radius 1 is 1.67 bits per heavy atom. The van der Waals surface area contributed by atoms with E-state index in [0.717, 1.165) is 0 Å². The standard InChI is InChI=1S/BH4INP3/c2-1-3-6(4)5/h4-5H2. The summed E-state index contributed by atoms with van der Waals surface area (Å²) in [5.41, 5.74) is 0. The molecule has 0 heterocycles. The summed E-state index contributed by atoms with van der Waals surface area (Å²) in [7, 11) is 5.00. The molecule has 0 fully saturated rings. The van der Waals surface area contributed by atoms with Gasteiger partial charge in [-0.1, -0.05) is 0 Å². The minimum atomic E-state index is -0.205. The van der Waals surface area contributed by atoms with Crippen LogP contribution in [0.2, 0.25) is 0 Å². The third-order valence-corrected chi connectivity index (χ3v) is 2.08. The van der Waals surface area contributed by atoms with Crippen molar-refractivity contribution >= 4 is 52.6 Å². The fourth-order valence-corrected chi connectivity index (χ4v) is 3.04. The van der Waals surface area contributed by atoms with Gasteiger partial charge in [0.2, 0.25) is 0 Å². The van der Waals surface area contributed by atoms with Gasteiger partial charge in [0, 0.05) is 0 Å². The van der Waals surface area contributed by atoms with Gasteiger partial charge in [0.25, 0.3) is 0 Å².